The number of ether oxygens (including phenoxy) is 2. The fraction of sp³-hybridized carbons (Fsp3) is 0.933. The van der Waals surface area contributed by atoms with E-state index in [9.17, 15) is 4.79 Å². The lowest BCUT2D eigenvalue weighted by Gasteiger charge is -2.40. The molecule has 0 aliphatic carbocycles. The Hall–Kier alpha value is -0.730. The highest BCUT2D eigenvalue weighted by Crippen LogP contribution is 2.11. The van der Waals surface area contributed by atoms with Crippen molar-refractivity contribution in [2.24, 2.45) is 0 Å². The van der Waals surface area contributed by atoms with E-state index in [1.54, 1.807) is 0 Å². The average Bonchev–Trinajstić information content (AvgIpc) is 2.61. The summed E-state index contributed by atoms with van der Waals surface area (Å²) in [6, 6.07) is -0.0294. The van der Waals surface area contributed by atoms with Gasteiger partial charge in [-0.2, -0.15) is 0 Å². The molecule has 3 saturated heterocycles. The predicted octanol–water partition coefficient (Wildman–Crippen LogP) is -1.55. The summed E-state index contributed by atoms with van der Waals surface area (Å²) < 4.78 is 10.8. The monoisotopic (exact) mass is 312 g/mol. The molecule has 0 aromatic heterocycles. The van der Waals surface area contributed by atoms with Crippen molar-refractivity contribution < 1.29 is 14.3 Å². The highest BCUT2D eigenvalue weighted by molar-refractivity contribution is 5.82. The molecule has 3 fully saturated rings. The predicted molar refractivity (Wildman–Crippen MR) is 82.9 cm³/mol. The van der Waals surface area contributed by atoms with Crippen molar-refractivity contribution in [3.63, 3.8) is 0 Å². The normalized spacial score (nSPS) is 26.8. The fourth-order valence-electron chi connectivity index (χ4n) is 3.37. The first-order valence-electron chi connectivity index (χ1n) is 8.46. The van der Waals surface area contributed by atoms with E-state index >= 15 is 0 Å². The Morgan fingerprint density at radius 1 is 0.909 bits per heavy atom. The van der Waals surface area contributed by atoms with Crippen LogP contribution in [0, 0.1) is 0 Å². The molecule has 1 N–H and O–H groups in total. The van der Waals surface area contributed by atoms with Crippen molar-refractivity contribution in [1.29, 1.82) is 0 Å². The molecule has 0 unspecified atom stereocenters. The number of nitrogens with one attached hydrogen (secondary N) is 1. The molecule has 1 amide bonds. The van der Waals surface area contributed by atoms with Crippen LogP contribution >= 0.6 is 0 Å². The van der Waals surface area contributed by atoms with Gasteiger partial charge in [0.15, 0.2) is 0 Å². The first-order chi connectivity index (χ1) is 10.8. The lowest BCUT2D eigenvalue weighted by Crippen LogP contribution is -2.60. The van der Waals surface area contributed by atoms with Crippen LogP contribution in [-0.4, -0.2) is 112 Å². The Morgan fingerprint density at radius 2 is 1.50 bits per heavy atom. The Bertz CT molecular complexity index is 351. The molecule has 7 nitrogen and oxygen atoms in total. The van der Waals surface area contributed by atoms with Gasteiger partial charge >= 0.3 is 0 Å². The molecular weight excluding hydrogens is 284 g/mol. The van der Waals surface area contributed by atoms with Gasteiger partial charge in [0.2, 0.25) is 5.91 Å². The Kier molecular flexibility index (Phi) is 6.03. The standard InChI is InChI=1S/C15H28N4O3/c20-15(19-7-11-22-12-8-19)14(18-3-1-16-2-4-18)13-17-5-9-21-10-6-17/h14,16H,1-13H2/t14-/m0/s1. The van der Waals surface area contributed by atoms with Gasteiger partial charge in [-0.15, -0.1) is 0 Å². The van der Waals surface area contributed by atoms with Gasteiger partial charge in [0, 0.05) is 58.9 Å². The quantitative estimate of drug-likeness (QED) is 0.678. The van der Waals surface area contributed by atoms with E-state index in [-0.39, 0.29) is 11.9 Å². The Morgan fingerprint density at radius 3 is 2.14 bits per heavy atom. The lowest BCUT2D eigenvalue weighted by atomic mass is 10.1. The third-order valence-electron chi connectivity index (χ3n) is 4.74. The molecule has 3 aliphatic rings. The van der Waals surface area contributed by atoms with Gasteiger partial charge in [0.05, 0.1) is 26.4 Å². The van der Waals surface area contributed by atoms with E-state index in [0.717, 1.165) is 72.1 Å². The Labute approximate surface area is 132 Å². The second-order valence-electron chi connectivity index (χ2n) is 6.15. The van der Waals surface area contributed by atoms with Crippen LogP contribution in [0.5, 0.6) is 0 Å². The van der Waals surface area contributed by atoms with Crippen molar-refractivity contribution in [3.8, 4) is 0 Å². The molecule has 3 rings (SSSR count). The number of amides is 1. The summed E-state index contributed by atoms with van der Waals surface area (Å²) in [4.78, 5) is 19.7. The molecule has 126 valence electrons. The minimum Gasteiger partial charge on any atom is -0.379 e. The van der Waals surface area contributed by atoms with Gasteiger partial charge < -0.3 is 19.7 Å². The van der Waals surface area contributed by atoms with Crippen LogP contribution in [0.3, 0.4) is 0 Å². The number of piperazine rings is 1. The van der Waals surface area contributed by atoms with Crippen LogP contribution in [0.25, 0.3) is 0 Å². The molecule has 1 atom stereocenters. The number of carbonyl (C=O) groups excluding carboxylic acids is 1. The molecule has 0 aromatic carbocycles. The van der Waals surface area contributed by atoms with Gasteiger partial charge in [0.1, 0.15) is 6.04 Å². The highest BCUT2D eigenvalue weighted by Gasteiger charge is 2.33. The molecule has 0 spiro atoms. The molecule has 0 radical (unpaired) electrons. The van der Waals surface area contributed by atoms with E-state index < -0.39 is 0 Å². The SMILES string of the molecule is O=C([C@H](CN1CCOCC1)N1CCNCC1)N1CCOCC1. The van der Waals surface area contributed by atoms with E-state index in [2.05, 4.69) is 15.1 Å². The molecule has 7 heteroatoms. The molecule has 0 bridgehead atoms. The number of nitrogens with zero attached hydrogens (tertiary/aromatic N) is 3. The summed E-state index contributed by atoms with van der Waals surface area (Å²) in [6.45, 7) is 10.9. The van der Waals surface area contributed by atoms with Crippen LogP contribution in [0.4, 0.5) is 0 Å². The summed E-state index contributed by atoms with van der Waals surface area (Å²) in [5.74, 6) is 0.275. The lowest BCUT2D eigenvalue weighted by molar-refractivity contribution is -0.142. The third-order valence-corrected chi connectivity index (χ3v) is 4.74. The number of hydrogen-bond acceptors (Lipinski definition) is 6. The van der Waals surface area contributed by atoms with Crippen molar-refractivity contribution in [2.45, 2.75) is 6.04 Å². The van der Waals surface area contributed by atoms with Crippen molar-refractivity contribution in [2.75, 3.05) is 85.3 Å². The van der Waals surface area contributed by atoms with Gasteiger partial charge in [-0.25, -0.2) is 0 Å². The molecule has 3 aliphatic heterocycles. The van der Waals surface area contributed by atoms with Crippen LogP contribution in [0.2, 0.25) is 0 Å². The zero-order valence-corrected chi connectivity index (χ0v) is 13.3. The third kappa shape index (κ3) is 4.17. The zero-order valence-electron chi connectivity index (χ0n) is 13.3. The molecule has 0 aromatic rings. The first-order valence-corrected chi connectivity index (χ1v) is 8.46. The van der Waals surface area contributed by atoms with Crippen LogP contribution in [-0.2, 0) is 14.3 Å². The second-order valence-corrected chi connectivity index (χ2v) is 6.15. The summed E-state index contributed by atoms with van der Waals surface area (Å²) in [7, 11) is 0. The highest BCUT2D eigenvalue weighted by atomic mass is 16.5. The van der Waals surface area contributed by atoms with Crippen molar-refractivity contribution in [1.82, 2.24) is 20.0 Å². The minimum atomic E-state index is -0.0294. The maximum atomic E-state index is 13.0. The summed E-state index contributed by atoms with van der Waals surface area (Å²) in [6.07, 6.45) is 0. The van der Waals surface area contributed by atoms with Crippen LogP contribution in [0.1, 0.15) is 0 Å². The zero-order chi connectivity index (χ0) is 15.2. The average molecular weight is 312 g/mol. The smallest absolute Gasteiger partial charge is 0.241 e. The number of morpholine rings is 2. The van der Waals surface area contributed by atoms with Gasteiger partial charge in [-0.1, -0.05) is 0 Å². The number of carbonyl (C=O) groups is 1. The van der Waals surface area contributed by atoms with E-state index in [1.165, 1.54) is 0 Å². The number of hydrogen-bond donors (Lipinski definition) is 1. The summed E-state index contributed by atoms with van der Waals surface area (Å²) in [5.41, 5.74) is 0. The number of rotatable bonds is 4. The largest absolute Gasteiger partial charge is 0.379 e. The molecule has 0 saturated carbocycles. The maximum absolute atomic E-state index is 13.0. The van der Waals surface area contributed by atoms with Gasteiger partial charge in [0.25, 0.3) is 0 Å². The first kappa shape index (κ1) is 16.1. The summed E-state index contributed by atoms with van der Waals surface area (Å²) >= 11 is 0. The Balaban J connectivity index is 1.64. The second kappa shape index (κ2) is 8.21. The molecular formula is C15H28N4O3. The van der Waals surface area contributed by atoms with E-state index in [4.69, 9.17) is 9.47 Å². The summed E-state index contributed by atoms with van der Waals surface area (Å²) in [5, 5.41) is 3.37. The van der Waals surface area contributed by atoms with E-state index in [0.29, 0.717) is 13.2 Å². The van der Waals surface area contributed by atoms with Crippen molar-refractivity contribution in [3.05, 3.63) is 0 Å². The molecule has 22 heavy (non-hydrogen) atoms. The minimum absolute atomic E-state index is 0.0294. The van der Waals surface area contributed by atoms with Gasteiger partial charge in [-0.3, -0.25) is 14.6 Å². The van der Waals surface area contributed by atoms with Crippen LogP contribution < -0.4 is 5.32 Å². The van der Waals surface area contributed by atoms with E-state index in [1.807, 2.05) is 4.90 Å². The van der Waals surface area contributed by atoms with Crippen molar-refractivity contribution >= 4 is 5.91 Å². The molecule has 3 heterocycles. The maximum Gasteiger partial charge on any atom is 0.241 e. The topological polar surface area (TPSA) is 57.3 Å². The van der Waals surface area contributed by atoms with Gasteiger partial charge in [-0.05, 0) is 0 Å². The van der Waals surface area contributed by atoms with Crippen LogP contribution in [0.15, 0.2) is 0 Å². The fourth-order valence-corrected chi connectivity index (χ4v) is 3.37.